The number of benzene rings is 1. The van der Waals surface area contributed by atoms with Crippen molar-refractivity contribution in [1.82, 2.24) is 4.98 Å². The van der Waals surface area contributed by atoms with Gasteiger partial charge in [-0.15, -0.1) is 0 Å². The number of ether oxygens (including phenoxy) is 1. The fourth-order valence-corrected chi connectivity index (χ4v) is 3.28. The van der Waals surface area contributed by atoms with E-state index in [4.69, 9.17) is 10.5 Å². The lowest BCUT2D eigenvalue weighted by Gasteiger charge is -2.34. The third-order valence-electron chi connectivity index (χ3n) is 4.59. The van der Waals surface area contributed by atoms with Crippen molar-refractivity contribution >= 4 is 16.6 Å². The molecule has 0 spiro atoms. The Morgan fingerprint density at radius 2 is 1.90 bits per heavy atom. The monoisotopic (exact) mass is 285 g/mol. The number of rotatable bonds is 3. The van der Waals surface area contributed by atoms with Crippen molar-refractivity contribution in [2.75, 3.05) is 19.1 Å². The van der Waals surface area contributed by atoms with Crippen molar-refractivity contribution in [3.05, 3.63) is 30.5 Å². The molecule has 0 aliphatic heterocycles. The third kappa shape index (κ3) is 2.68. The summed E-state index contributed by atoms with van der Waals surface area (Å²) in [6, 6.07) is 9.04. The second-order valence-electron chi connectivity index (χ2n) is 5.87. The van der Waals surface area contributed by atoms with Crippen LogP contribution in [-0.2, 0) is 0 Å². The van der Waals surface area contributed by atoms with Crippen LogP contribution in [0.1, 0.15) is 25.7 Å². The van der Waals surface area contributed by atoms with E-state index < -0.39 is 0 Å². The molecule has 0 atom stereocenters. The van der Waals surface area contributed by atoms with Gasteiger partial charge in [0, 0.05) is 36.1 Å². The molecule has 0 amide bonds. The molecule has 1 aliphatic carbocycles. The maximum atomic E-state index is 6.01. The maximum absolute atomic E-state index is 6.01. The molecule has 1 fully saturated rings. The Labute approximate surface area is 125 Å². The van der Waals surface area contributed by atoms with Crippen molar-refractivity contribution in [1.29, 1.82) is 0 Å². The van der Waals surface area contributed by atoms with Crippen molar-refractivity contribution < 1.29 is 4.74 Å². The molecule has 3 rings (SSSR count). The number of hydrogen-bond acceptors (Lipinski definition) is 4. The number of anilines is 1. The molecule has 1 aromatic heterocycles. The Balaban J connectivity index is 1.96. The lowest BCUT2D eigenvalue weighted by molar-refractivity contribution is 0.384. The van der Waals surface area contributed by atoms with Gasteiger partial charge in [0.05, 0.1) is 7.11 Å². The summed E-state index contributed by atoms with van der Waals surface area (Å²) >= 11 is 0. The Morgan fingerprint density at radius 3 is 2.62 bits per heavy atom. The first kappa shape index (κ1) is 14.1. The van der Waals surface area contributed by atoms with E-state index in [2.05, 4.69) is 23.0 Å². The quantitative estimate of drug-likeness (QED) is 0.942. The predicted octanol–water partition coefficient (Wildman–Crippen LogP) is 2.95. The van der Waals surface area contributed by atoms with Gasteiger partial charge in [-0.2, -0.15) is 0 Å². The Hall–Kier alpha value is -1.81. The molecule has 0 unspecified atom stereocenters. The average molecular weight is 285 g/mol. The molecule has 0 saturated heterocycles. The Morgan fingerprint density at radius 1 is 1.14 bits per heavy atom. The minimum Gasteiger partial charge on any atom is -0.496 e. The van der Waals surface area contributed by atoms with Gasteiger partial charge in [0.25, 0.3) is 0 Å². The predicted molar refractivity (Wildman–Crippen MR) is 86.9 cm³/mol. The fraction of sp³-hybridized carbons (Fsp3) is 0.471. The minimum absolute atomic E-state index is 0.371. The molecule has 1 aliphatic rings. The summed E-state index contributed by atoms with van der Waals surface area (Å²) in [7, 11) is 3.85. The van der Waals surface area contributed by atoms with Crippen LogP contribution in [0.15, 0.2) is 30.5 Å². The van der Waals surface area contributed by atoms with Crippen LogP contribution in [0.25, 0.3) is 10.8 Å². The highest BCUT2D eigenvalue weighted by Crippen LogP contribution is 2.33. The topological polar surface area (TPSA) is 51.4 Å². The minimum atomic E-state index is 0.371. The number of aromatic nitrogens is 1. The van der Waals surface area contributed by atoms with Crippen LogP contribution in [0.3, 0.4) is 0 Å². The van der Waals surface area contributed by atoms with Crippen LogP contribution < -0.4 is 15.4 Å². The van der Waals surface area contributed by atoms with Gasteiger partial charge in [0.15, 0.2) is 0 Å². The number of fused-ring (bicyclic) bond motifs is 1. The van der Waals surface area contributed by atoms with Gasteiger partial charge in [0.2, 0.25) is 0 Å². The van der Waals surface area contributed by atoms with Crippen molar-refractivity contribution in [2.45, 2.75) is 37.8 Å². The van der Waals surface area contributed by atoms with Crippen molar-refractivity contribution in [3.8, 4) is 5.75 Å². The fourth-order valence-electron chi connectivity index (χ4n) is 3.28. The molecule has 2 aromatic rings. The summed E-state index contributed by atoms with van der Waals surface area (Å²) < 4.78 is 5.46. The van der Waals surface area contributed by atoms with Gasteiger partial charge in [0.1, 0.15) is 11.6 Å². The van der Waals surface area contributed by atoms with Crippen LogP contribution in [0.4, 0.5) is 5.82 Å². The first-order valence-electron chi connectivity index (χ1n) is 7.61. The van der Waals surface area contributed by atoms with Gasteiger partial charge in [-0.1, -0.05) is 12.1 Å². The number of nitrogens with zero attached hydrogens (tertiary/aromatic N) is 2. The molecule has 1 saturated carbocycles. The second kappa shape index (κ2) is 5.90. The largest absolute Gasteiger partial charge is 0.496 e. The van der Waals surface area contributed by atoms with Crippen LogP contribution in [0.2, 0.25) is 0 Å². The lowest BCUT2D eigenvalue weighted by Crippen LogP contribution is -2.39. The standard InChI is InChI=1S/C17H23N3O/c1-20(13-8-6-12(18)7-9-13)17-15-4-3-5-16(21-2)14(15)10-11-19-17/h3-5,10-13H,6-9,18H2,1-2H3. The molecule has 1 aromatic carbocycles. The van der Waals surface area contributed by atoms with Crippen LogP contribution in [0, 0.1) is 0 Å². The number of hydrogen-bond donors (Lipinski definition) is 1. The van der Waals surface area contributed by atoms with Gasteiger partial charge in [-0.05, 0) is 37.8 Å². The van der Waals surface area contributed by atoms with Gasteiger partial charge >= 0.3 is 0 Å². The summed E-state index contributed by atoms with van der Waals surface area (Å²) in [6.07, 6.45) is 6.34. The van der Waals surface area contributed by atoms with Crippen molar-refractivity contribution in [3.63, 3.8) is 0 Å². The smallest absolute Gasteiger partial charge is 0.136 e. The van der Waals surface area contributed by atoms with Crippen LogP contribution >= 0.6 is 0 Å². The molecule has 2 N–H and O–H groups in total. The molecule has 4 nitrogen and oxygen atoms in total. The number of pyridine rings is 1. The number of methoxy groups -OCH3 is 1. The maximum Gasteiger partial charge on any atom is 0.136 e. The molecule has 1 heterocycles. The first-order chi connectivity index (χ1) is 10.2. The molecule has 21 heavy (non-hydrogen) atoms. The third-order valence-corrected chi connectivity index (χ3v) is 4.59. The van der Waals surface area contributed by atoms with Crippen LogP contribution in [-0.4, -0.2) is 31.2 Å². The van der Waals surface area contributed by atoms with Crippen LogP contribution in [0.5, 0.6) is 5.75 Å². The molecular formula is C17H23N3O. The van der Waals surface area contributed by atoms with Crippen molar-refractivity contribution in [2.24, 2.45) is 5.73 Å². The SMILES string of the molecule is COc1cccc2c(N(C)C3CCC(N)CC3)nccc12. The normalized spacial score (nSPS) is 22.2. The zero-order valence-corrected chi connectivity index (χ0v) is 12.7. The highest BCUT2D eigenvalue weighted by Gasteiger charge is 2.24. The van der Waals surface area contributed by atoms with E-state index in [1.165, 1.54) is 0 Å². The molecule has 112 valence electrons. The average Bonchev–Trinajstić information content (AvgIpc) is 2.53. The summed E-state index contributed by atoms with van der Waals surface area (Å²) in [4.78, 5) is 6.93. The van der Waals surface area contributed by atoms with E-state index in [0.29, 0.717) is 12.1 Å². The highest BCUT2D eigenvalue weighted by atomic mass is 16.5. The van der Waals surface area contributed by atoms with E-state index >= 15 is 0 Å². The summed E-state index contributed by atoms with van der Waals surface area (Å²) in [5.74, 6) is 1.93. The Bertz CT molecular complexity index is 620. The van der Waals surface area contributed by atoms with E-state index in [9.17, 15) is 0 Å². The Kier molecular flexibility index (Phi) is 3.97. The molecule has 0 bridgehead atoms. The van der Waals surface area contributed by atoms with E-state index in [-0.39, 0.29) is 0 Å². The molecular weight excluding hydrogens is 262 g/mol. The first-order valence-corrected chi connectivity index (χ1v) is 7.61. The molecule has 0 radical (unpaired) electrons. The zero-order valence-electron chi connectivity index (χ0n) is 12.7. The van der Waals surface area contributed by atoms with E-state index in [0.717, 1.165) is 48.0 Å². The van der Waals surface area contributed by atoms with E-state index in [1.807, 2.05) is 24.4 Å². The van der Waals surface area contributed by atoms with Gasteiger partial charge < -0.3 is 15.4 Å². The molecule has 4 heteroatoms. The number of nitrogens with two attached hydrogens (primary N) is 1. The summed E-state index contributed by atoms with van der Waals surface area (Å²) in [5, 5.41) is 2.26. The highest BCUT2D eigenvalue weighted by molar-refractivity contribution is 5.96. The lowest BCUT2D eigenvalue weighted by atomic mass is 9.91. The summed E-state index contributed by atoms with van der Waals surface area (Å²) in [6.45, 7) is 0. The second-order valence-corrected chi connectivity index (χ2v) is 5.87. The van der Waals surface area contributed by atoms with Gasteiger partial charge in [-0.25, -0.2) is 4.98 Å². The summed E-state index contributed by atoms with van der Waals surface area (Å²) in [5.41, 5.74) is 6.01. The van der Waals surface area contributed by atoms with E-state index in [1.54, 1.807) is 7.11 Å². The van der Waals surface area contributed by atoms with Gasteiger partial charge in [-0.3, -0.25) is 0 Å². The zero-order chi connectivity index (χ0) is 14.8.